The highest BCUT2D eigenvalue weighted by atomic mass is 32.2. The fourth-order valence-electron chi connectivity index (χ4n) is 1.87. The van der Waals surface area contributed by atoms with Crippen molar-refractivity contribution in [3.63, 3.8) is 0 Å². The van der Waals surface area contributed by atoms with E-state index in [1.54, 1.807) is 6.26 Å². The summed E-state index contributed by atoms with van der Waals surface area (Å²) in [6.07, 6.45) is 2.01. The predicted molar refractivity (Wildman–Crippen MR) is 87.8 cm³/mol. The summed E-state index contributed by atoms with van der Waals surface area (Å²) in [6.45, 7) is 5.50. The Bertz CT molecular complexity index is 413. The molecule has 0 radical (unpaired) electrons. The maximum Gasteiger partial charge on any atom is 0.0897 e. The molecule has 2 N–H and O–H groups in total. The van der Waals surface area contributed by atoms with Crippen molar-refractivity contribution in [3.8, 4) is 0 Å². The molecule has 0 aliphatic carbocycles. The van der Waals surface area contributed by atoms with E-state index in [0.29, 0.717) is 13.2 Å². The number of aliphatic hydroxyl groups excluding tert-OH is 1. The molecule has 0 spiro atoms. The predicted octanol–water partition coefficient (Wildman–Crippen LogP) is 1.87. The Labute approximate surface area is 130 Å². The molecule has 4 atom stereocenters. The van der Waals surface area contributed by atoms with Gasteiger partial charge in [0.25, 0.3) is 0 Å². The molecule has 4 unspecified atom stereocenters. The molecule has 120 valence electrons. The lowest BCUT2D eigenvalue weighted by atomic mass is 10.1. The van der Waals surface area contributed by atoms with E-state index in [1.807, 2.05) is 44.2 Å². The van der Waals surface area contributed by atoms with Crippen molar-refractivity contribution in [1.29, 1.82) is 0 Å². The smallest absolute Gasteiger partial charge is 0.0897 e. The molecule has 1 aromatic carbocycles. The summed E-state index contributed by atoms with van der Waals surface area (Å²) in [5, 5.41) is 13.2. The molecule has 0 amide bonds. The average Bonchev–Trinajstić information content (AvgIpc) is 2.49. The van der Waals surface area contributed by atoms with Crippen LogP contribution in [-0.4, -0.2) is 46.6 Å². The molecular formula is C16H27NO3S. The number of hydrogen-bond donors (Lipinski definition) is 2. The molecular weight excluding hydrogens is 286 g/mol. The van der Waals surface area contributed by atoms with E-state index in [-0.39, 0.29) is 11.4 Å². The van der Waals surface area contributed by atoms with Gasteiger partial charge in [-0.2, -0.15) is 0 Å². The van der Waals surface area contributed by atoms with Crippen LogP contribution in [0.15, 0.2) is 30.3 Å². The van der Waals surface area contributed by atoms with Crippen LogP contribution < -0.4 is 5.32 Å². The molecule has 0 fully saturated rings. The molecule has 0 aromatic heterocycles. The lowest BCUT2D eigenvalue weighted by Crippen LogP contribution is -2.32. The molecule has 0 saturated heterocycles. The van der Waals surface area contributed by atoms with Gasteiger partial charge in [-0.3, -0.25) is 4.21 Å². The molecule has 21 heavy (non-hydrogen) atoms. The highest BCUT2D eigenvalue weighted by Gasteiger charge is 2.10. The fourth-order valence-corrected chi connectivity index (χ4v) is 2.32. The van der Waals surface area contributed by atoms with Crippen LogP contribution in [0.3, 0.4) is 0 Å². The SMILES string of the molecule is CC(OCC(O)CNCCC(C)S(C)=O)c1ccccc1. The first-order valence-electron chi connectivity index (χ1n) is 7.38. The lowest BCUT2D eigenvalue weighted by molar-refractivity contribution is -0.00196. The van der Waals surface area contributed by atoms with E-state index in [0.717, 1.165) is 18.5 Å². The summed E-state index contributed by atoms with van der Waals surface area (Å²) < 4.78 is 16.9. The van der Waals surface area contributed by atoms with Crippen molar-refractivity contribution >= 4 is 10.8 Å². The maximum atomic E-state index is 11.2. The Morgan fingerprint density at radius 3 is 2.57 bits per heavy atom. The molecule has 1 rings (SSSR count). The normalized spacial score (nSPS) is 17.1. The monoisotopic (exact) mass is 313 g/mol. The minimum atomic E-state index is -0.782. The van der Waals surface area contributed by atoms with Gasteiger partial charge in [0.2, 0.25) is 0 Å². The largest absolute Gasteiger partial charge is 0.389 e. The molecule has 1 aromatic rings. The van der Waals surface area contributed by atoms with Crippen molar-refractivity contribution in [3.05, 3.63) is 35.9 Å². The number of rotatable bonds is 10. The van der Waals surface area contributed by atoms with E-state index in [2.05, 4.69) is 5.32 Å². The molecule has 0 saturated carbocycles. The van der Waals surface area contributed by atoms with Crippen LogP contribution >= 0.6 is 0 Å². The lowest BCUT2D eigenvalue weighted by Gasteiger charge is -2.17. The van der Waals surface area contributed by atoms with Gasteiger partial charge in [-0.1, -0.05) is 37.3 Å². The Hall–Kier alpha value is -0.750. The quantitative estimate of drug-likeness (QED) is 0.648. The van der Waals surface area contributed by atoms with Gasteiger partial charge in [0, 0.05) is 28.9 Å². The van der Waals surface area contributed by atoms with Crippen LogP contribution in [-0.2, 0) is 15.5 Å². The zero-order valence-electron chi connectivity index (χ0n) is 13.1. The number of hydrogen-bond acceptors (Lipinski definition) is 4. The maximum absolute atomic E-state index is 11.2. The molecule has 0 aliphatic heterocycles. The van der Waals surface area contributed by atoms with E-state index >= 15 is 0 Å². The minimum Gasteiger partial charge on any atom is -0.389 e. The van der Waals surface area contributed by atoms with Gasteiger partial charge >= 0.3 is 0 Å². The third-order valence-electron chi connectivity index (χ3n) is 3.48. The number of aliphatic hydroxyl groups is 1. The molecule has 0 aliphatic rings. The molecule has 5 heteroatoms. The first-order chi connectivity index (χ1) is 10.0. The molecule has 0 heterocycles. The van der Waals surface area contributed by atoms with Gasteiger partial charge in [0.1, 0.15) is 0 Å². The van der Waals surface area contributed by atoms with E-state index in [1.165, 1.54) is 0 Å². The Kier molecular flexibility index (Phi) is 8.76. The number of nitrogens with one attached hydrogen (secondary N) is 1. The van der Waals surface area contributed by atoms with Crippen molar-refractivity contribution in [2.75, 3.05) is 26.0 Å². The summed E-state index contributed by atoms with van der Waals surface area (Å²) in [7, 11) is -0.782. The van der Waals surface area contributed by atoms with Crippen LogP contribution in [0.1, 0.15) is 31.9 Å². The van der Waals surface area contributed by atoms with Crippen molar-refractivity contribution < 1.29 is 14.1 Å². The standard InChI is InChI=1S/C16H27NO3S/c1-13(21(3)19)9-10-17-11-16(18)12-20-14(2)15-7-5-4-6-8-15/h4-8,13-14,16-18H,9-12H2,1-3H3. The fraction of sp³-hybridized carbons (Fsp3) is 0.625. The van der Waals surface area contributed by atoms with Crippen molar-refractivity contribution in [1.82, 2.24) is 5.32 Å². The number of ether oxygens (including phenoxy) is 1. The third-order valence-corrected chi connectivity index (χ3v) is 4.85. The van der Waals surface area contributed by atoms with E-state index in [9.17, 15) is 9.32 Å². The second-order valence-electron chi connectivity index (χ2n) is 5.34. The van der Waals surface area contributed by atoms with Crippen LogP contribution in [0.4, 0.5) is 0 Å². The van der Waals surface area contributed by atoms with Gasteiger partial charge in [0.15, 0.2) is 0 Å². The zero-order valence-corrected chi connectivity index (χ0v) is 13.9. The van der Waals surface area contributed by atoms with Crippen molar-refractivity contribution in [2.24, 2.45) is 0 Å². The summed E-state index contributed by atoms with van der Waals surface area (Å²) in [4.78, 5) is 0. The van der Waals surface area contributed by atoms with E-state index < -0.39 is 16.9 Å². The Morgan fingerprint density at radius 2 is 1.95 bits per heavy atom. The van der Waals surface area contributed by atoms with Crippen LogP contribution in [0, 0.1) is 0 Å². The third kappa shape index (κ3) is 7.71. The topological polar surface area (TPSA) is 58.6 Å². The van der Waals surface area contributed by atoms with Crippen LogP contribution in [0.2, 0.25) is 0 Å². The van der Waals surface area contributed by atoms with Gasteiger partial charge in [-0.05, 0) is 25.5 Å². The first kappa shape index (κ1) is 18.3. The molecule has 4 nitrogen and oxygen atoms in total. The van der Waals surface area contributed by atoms with E-state index in [4.69, 9.17) is 4.74 Å². The second kappa shape index (κ2) is 10.1. The van der Waals surface area contributed by atoms with Gasteiger partial charge in [-0.15, -0.1) is 0 Å². The second-order valence-corrected chi connectivity index (χ2v) is 7.14. The van der Waals surface area contributed by atoms with Crippen LogP contribution in [0.5, 0.6) is 0 Å². The van der Waals surface area contributed by atoms with Gasteiger partial charge < -0.3 is 15.2 Å². The van der Waals surface area contributed by atoms with Crippen LogP contribution in [0.25, 0.3) is 0 Å². The van der Waals surface area contributed by atoms with Crippen molar-refractivity contribution in [2.45, 2.75) is 37.7 Å². The molecule has 0 bridgehead atoms. The first-order valence-corrected chi connectivity index (χ1v) is 9.00. The summed E-state index contributed by atoms with van der Waals surface area (Å²) in [5.41, 5.74) is 1.11. The Morgan fingerprint density at radius 1 is 1.29 bits per heavy atom. The minimum absolute atomic E-state index is 0.0246. The number of benzene rings is 1. The highest BCUT2D eigenvalue weighted by molar-refractivity contribution is 7.84. The summed E-state index contributed by atoms with van der Waals surface area (Å²) in [5.74, 6) is 0. The average molecular weight is 313 g/mol. The summed E-state index contributed by atoms with van der Waals surface area (Å²) in [6, 6.07) is 9.96. The highest BCUT2D eigenvalue weighted by Crippen LogP contribution is 2.15. The Balaban J connectivity index is 2.14. The summed E-state index contributed by atoms with van der Waals surface area (Å²) >= 11 is 0. The van der Waals surface area contributed by atoms with Gasteiger partial charge in [-0.25, -0.2) is 0 Å². The van der Waals surface area contributed by atoms with Gasteiger partial charge in [0.05, 0.1) is 18.8 Å². The zero-order chi connectivity index (χ0) is 15.7.